The molecule has 15 heteroatoms. The minimum atomic E-state index is -1.40. The number of hydrogen-bond acceptors (Lipinski definition) is 13. The van der Waals surface area contributed by atoms with Crippen LogP contribution in [-0.2, 0) is 44.6 Å². The number of esters is 1. The third-order valence-electron chi connectivity index (χ3n) is 12.8. The van der Waals surface area contributed by atoms with Crippen LogP contribution in [0.3, 0.4) is 0 Å². The van der Waals surface area contributed by atoms with Crippen LogP contribution in [0.1, 0.15) is 87.5 Å². The quantitative estimate of drug-likeness (QED) is 0.184. The van der Waals surface area contributed by atoms with E-state index in [4.69, 9.17) is 23.7 Å². The Labute approximate surface area is 343 Å². The van der Waals surface area contributed by atoms with Crippen LogP contribution >= 0.6 is 0 Å². The van der Waals surface area contributed by atoms with Gasteiger partial charge in [0.2, 0.25) is 0 Å². The number of rotatable bonds is 11. The molecule has 3 saturated heterocycles. The fraction of sp³-hybridized carbons (Fsp3) is 0.721. The van der Waals surface area contributed by atoms with Crippen molar-refractivity contribution in [3.63, 3.8) is 0 Å². The monoisotopic (exact) mass is 811 g/mol. The van der Waals surface area contributed by atoms with E-state index < -0.39 is 83.4 Å². The first-order chi connectivity index (χ1) is 27.4. The lowest BCUT2D eigenvalue weighted by Crippen LogP contribution is -2.60. The molecule has 3 aliphatic heterocycles. The number of imidazole rings is 1. The predicted octanol–water partition coefficient (Wildman–Crippen LogP) is 4.93. The molecule has 0 aromatic carbocycles. The van der Waals surface area contributed by atoms with Crippen LogP contribution in [0.15, 0.2) is 37.1 Å². The number of amides is 1. The summed E-state index contributed by atoms with van der Waals surface area (Å²) in [6, 6.07) is 2.74. The number of aliphatic hydroxyl groups is 1. The normalized spacial score (nSPS) is 36.7. The van der Waals surface area contributed by atoms with E-state index in [1.165, 1.54) is 14.0 Å². The molecule has 1 N–H and O–H groups in total. The Morgan fingerprint density at radius 2 is 1.72 bits per heavy atom. The van der Waals surface area contributed by atoms with Crippen LogP contribution in [0.25, 0.3) is 11.3 Å². The number of nitrogens with zero attached hydrogens (tertiary/aromatic N) is 5. The van der Waals surface area contributed by atoms with Crippen LogP contribution in [-0.4, -0.2) is 135 Å². The van der Waals surface area contributed by atoms with Crippen LogP contribution < -0.4 is 0 Å². The van der Waals surface area contributed by atoms with Gasteiger partial charge in [0.1, 0.15) is 23.9 Å². The maximum atomic E-state index is 14.7. The Morgan fingerprint density at radius 3 is 2.36 bits per heavy atom. The highest BCUT2D eigenvalue weighted by Crippen LogP contribution is 2.43. The van der Waals surface area contributed by atoms with Gasteiger partial charge in [-0.05, 0) is 86.0 Å². The molecule has 2 aromatic rings. The zero-order valence-electron chi connectivity index (χ0n) is 36.1. The summed E-state index contributed by atoms with van der Waals surface area (Å²) in [6.07, 6.45) is 4.45. The highest BCUT2D eigenvalue weighted by Gasteiger charge is 2.60. The summed E-state index contributed by atoms with van der Waals surface area (Å²) in [6.45, 7) is 14.9. The summed E-state index contributed by atoms with van der Waals surface area (Å²) in [5.41, 5.74) is -0.938. The first-order valence-corrected chi connectivity index (χ1v) is 20.8. The number of carbonyl (C=O) groups excluding carboxylic acids is 4. The van der Waals surface area contributed by atoms with E-state index in [0.717, 1.165) is 11.3 Å². The van der Waals surface area contributed by atoms with E-state index in [-0.39, 0.29) is 30.8 Å². The molecule has 1 amide bonds. The summed E-state index contributed by atoms with van der Waals surface area (Å²) in [5, 5.41) is 11.4. The Bertz CT molecular complexity index is 1740. The van der Waals surface area contributed by atoms with E-state index in [1.807, 2.05) is 62.7 Å². The molecule has 322 valence electrons. The van der Waals surface area contributed by atoms with E-state index in [2.05, 4.69) is 9.97 Å². The molecule has 2 aromatic heterocycles. The van der Waals surface area contributed by atoms with Crippen LogP contribution in [0.5, 0.6) is 0 Å². The maximum Gasteiger partial charge on any atom is 0.410 e. The van der Waals surface area contributed by atoms with E-state index >= 15 is 0 Å². The Morgan fingerprint density at radius 1 is 1.02 bits per heavy atom. The molecule has 3 fully saturated rings. The first kappa shape index (κ1) is 45.3. The molecule has 0 radical (unpaired) electrons. The molecular weight excluding hydrogens is 746 g/mol. The second kappa shape index (κ2) is 18.7. The molecule has 0 spiro atoms. The standard InChI is InChI=1S/C43H65N5O10/c1-12-33-43(8)37(48(41(53)58-43)19-14-13-18-47-23-31(45-24-47)30-16-15-17-44-22-30)27(4)34(49)25(2)21-42(7,54-11)38(28(5)35(50)29(6)39(52)56-33)57-40-36(51)32(46(9)10)20-26(3)55-40/h15-17,22-29,32-33,36-38,40,51H,12-14,18-21H2,1-11H3/t25-,26-,27+,28+,29-,32+,33?,36-,37+,38-,40+,42-,43-/m1/s1. The van der Waals surface area contributed by atoms with Crippen molar-refractivity contribution in [1.82, 2.24) is 24.3 Å². The van der Waals surface area contributed by atoms with Gasteiger partial charge in [0.15, 0.2) is 17.7 Å². The number of methoxy groups -OCH3 is 1. The number of aromatic nitrogens is 3. The lowest BCUT2D eigenvalue weighted by Gasteiger charge is -2.47. The molecule has 5 rings (SSSR count). The van der Waals surface area contributed by atoms with E-state index in [9.17, 15) is 24.3 Å². The number of cyclic esters (lactones) is 1. The van der Waals surface area contributed by atoms with Gasteiger partial charge >= 0.3 is 12.1 Å². The average molecular weight is 812 g/mol. The number of aryl methyl sites for hydroxylation is 1. The minimum absolute atomic E-state index is 0.130. The molecule has 13 atom stereocenters. The molecule has 0 aliphatic carbocycles. The van der Waals surface area contributed by atoms with Crippen LogP contribution in [0.2, 0.25) is 0 Å². The van der Waals surface area contributed by atoms with Crippen molar-refractivity contribution in [2.75, 3.05) is 27.7 Å². The van der Waals surface area contributed by atoms with Gasteiger partial charge in [-0.1, -0.05) is 27.7 Å². The number of Topliss-reactive ketones (excluding diaryl/α,β-unsaturated/α-hetero) is 2. The van der Waals surface area contributed by atoms with Gasteiger partial charge in [-0.3, -0.25) is 19.4 Å². The number of fused-ring (bicyclic) bond motifs is 1. The van der Waals surface area contributed by atoms with Gasteiger partial charge in [-0.2, -0.15) is 0 Å². The Kier molecular flexibility index (Phi) is 14.6. The van der Waals surface area contributed by atoms with Crippen molar-refractivity contribution >= 4 is 23.6 Å². The third kappa shape index (κ3) is 9.33. The van der Waals surface area contributed by atoms with Gasteiger partial charge in [-0.25, -0.2) is 9.78 Å². The lowest BCUT2D eigenvalue weighted by molar-refractivity contribution is -0.295. The molecule has 15 nitrogen and oxygen atoms in total. The summed E-state index contributed by atoms with van der Waals surface area (Å²) < 4.78 is 33.2. The average Bonchev–Trinajstić information content (AvgIpc) is 3.78. The number of hydrogen-bond donors (Lipinski definition) is 1. The number of pyridine rings is 1. The van der Waals surface area contributed by atoms with Gasteiger partial charge in [0.05, 0.1) is 35.9 Å². The fourth-order valence-corrected chi connectivity index (χ4v) is 9.43. The molecule has 5 heterocycles. The van der Waals surface area contributed by atoms with Crippen molar-refractivity contribution in [2.45, 2.75) is 148 Å². The topological polar surface area (TPSA) is 172 Å². The van der Waals surface area contributed by atoms with Gasteiger partial charge in [-0.15, -0.1) is 0 Å². The Balaban J connectivity index is 1.43. The van der Waals surface area contributed by atoms with Crippen molar-refractivity contribution in [3.05, 3.63) is 37.1 Å². The second-order valence-electron chi connectivity index (χ2n) is 17.3. The zero-order chi connectivity index (χ0) is 42.7. The van der Waals surface area contributed by atoms with E-state index in [1.54, 1.807) is 51.3 Å². The number of aliphatic hydroxyl groups excluding tert-OH is 1. The highest BCUT2D eigenvalue weighted by atomic mass is 16.7. The largest absolute Gasteiger partial charge is 0.458 e. The second-order valence-corrected chi connectivity index (χ2v) is 17.3. The van der Waals surface area contributed by atoms with Crippen molar-refractivity contribution in [1.29, 1.82) is 0 Å². The van der Waals surface area contributed by atoms with Crippen molar-refractivity contribution in [2.24, 2.45) is 23.7 Å². The van der Waals surface area contributed by atoms with Crippen LogP contribution in [0.4, 0.5) is 4.79 Å². The molecule has 0 bridgehead atoms. The molecule has 1 unspecified atom stereocenters. The van der Waals surface area contributed by atoms with Gasteiger partial charge in [0, 0.05) is 68.1 Å². The van der Waals surface area contributed by atoms with Crippen molar-refractivity contribution in [3.8, 4) is 11.3 Å². The minimum Gasteiger partial charge on any atom is -0.458 e. The lowest BCUT2D eigenvalue weighted by atomic mass is 9.73. The van der Waals surface area contributed by atoms with Crippen molar-refractivity contribution < 1.29 is 48.0 Å². The number of likely N-dealkylation sites (N-methyl/N-ethyl adjacent to an activating group) is 1. The molecular formula is C43H65N5O10. The van der Waals surface area contributed by atoms with Gasteiger partial charge in [0.25, 0.3) is 0 Å². The SMILES string of the molecule is CCC1OC(=O)[C@H](C)C(=O)[C@H](C)[C@@H](O[C@@H]2O[C@H](C)C[C@H](N(C)C)[C@H]2O)[C@](C)(OC)C[C@@H](C)C(=O)[C@H](C)[C@@H]2N(CCCCn3cnc(-c4cccnc4)c3)C(=O)O[C@]12C. The molecule has 0 saturated carbocycles. The fourth-order valence-electron chi connectivity index (χ4n) is 9.43. The van der Waals surface area contributed by atoms with Crippen LogP contribution in [0, 0.1) is 23.7 Å². The summed E-state index contributed by atoms with van der Waals surface area (Å²) in [7, 11) is 5.24. The molecule has 3 aliphatic rings. The number of unbranched alkanes of at least 4 members (excludes halogenated alkanes) is 1. The number of carbonyl (C=O) groups is 4. The number of ether oxygens (including phenoxy) is 5. The first-order valence-electron chi connectivity index (χ1n) is 20.8. The zero-order valence-corrected chi connectivity index (χ0v) is 36.1. The maximum absolute atomic E-state index is 14.7. The summed E-state index contributed by atoms with van der Waals surface area (Å²) in [4.78, 5) is 69.0. The Hall–Kier alpha value is -3.76. The third-order valence-corrected chi connectivity index (χ3v) is 12.8. The summed E-state index contributed by atoms with van der Waals surface area (Å²) in [5.74, 6) is -4.95. The highest BCUT2D eigenvalue weighted by molar-refractivity contribution is 6.00. The molecule has 58 heavy (non-hydrogen) atoms. The van der Waals surface area contributed by atoms with Gasteiger partial charge < -0.3 is 43.2 Å². The predicted molar refractivity (Wildman–Crippen MR) is 214 cm³/mol. The number of ketones is 2. The smallest absolute Gasteiger partial charge is 0.410 e. The van der Waals surface area contributed by atoms with E-state index in [0.29, 0.717) is 32.4 Å². The summed E-state index contributed by atoms with van der Waals surface area (Å²) >= 11 is 0.